The molecule has 0 bridgehead atoms. The fraction of sp³-hybridized carbons (Fsp3) is 1.00. The molecule has 0 radical (unpaired) electrons. The molecule has 2 atom stereocenters. The van der Waals surface area contributed by atoms with Crippen LogP contribution in [0, 0.1) is 0 Å². The van der Waals surface area contributed by atoms with Gasteiger partial charge in [-0.25, -0.2) is 0 Å². The summed E-state index contributed by atoms with van der Waals surface area (Å²) in [5, 5.41) is 8.81. The summed E-state index contributed by atoms with van der Waals surface area (Å²) in [6, 6.07) is 0.827. The van der Waals surface area contributed by atoms with Gasteiger partial charge in [0.05, 0.1) is 0 Å². The van der Waals surface area contributed by atoms with Crippen molar-refractivity contribution in [1.82, 2.24) is 9.80 Å². The molecular weight excluding hydrogens is 202 g/mol. The Kier molecular flexibility index (Phi) is 6.28. The summed E-state index contributed by atoms with van der Waals surface area (Å²) in [5.41, 5.74) is 5.92. The van der Waals surface area contributed by atoms with Crippen LogP contribution >= 0.6 is 0 Å². The van der Waals surface area contributed by atoms with Crippen molar-refractivity contribution in [3.8, 4) is 0 Å². The van der Waals surface area contributed by atoms with E-state index in [-0.39, 0.29) is 12.6 Å². The lowest BCUT2D eigenvalue weighted by atomic mass is 10.1. The fourth-order valence-corrected chi connectivity index (χ4v) is 2.23. The minimum absolute atomic E-state index is 0.125. The van der Waals surface area contributed by atoms with E-state index in [0.29, 0.717) is 12.5 Å². The van der Waals surface area contributed by atoms with Crippen LogP contribution in [0.4, 0.5) is 0 Å². The highest BCUT2D eigenvalue weighted by Gasteiger charge is 2.20. The Bertz CT molecular complexity index is 181. The molecular formula is C12H27N3O. The van der Waals surface area contributed by atoms with Crippen molar-refractivity contribution < 1.29 is 5.11 Å². The SMILES string of the molecule is CCC(C)N1CCN(CC(N)CCO)CC1. The van der Waals surface area contributed by atoms with Crippen molar-refractivity contribution in [3.05, 3.63) is 0 Å². The standard InChI is InChI=1S/C12H27N3O/c1-3-11(2)15-7-5-14(6-8-15)10-12(13)4-9-16/h11-12,16H,3-10,13H2,1-2H3. The molecule has 1 saturated heterocycles. The summed E-state index contributed by atoms with van der Waals surface area (Å²) in [6.45, 7) is 10.2. The topological polar surface area (TPSA) is 52.7 Å². The maximum absolute atomic E-state index is 8.81. The minimum atomic E-state index is 0.125. The van der Waals surface area contributed by atoms with E-state index in [2.05, 4.69) is 23.6 Å². The predicted octanol–water partition coefficient (Wildman–Crippen LogP) is 0.112. The lowest BCUT2D eigenvalue weighted by Crippen LogP contribution is -2.52. The summed E-state index contributed by atoms with van der Waals surface area (Å²) >= 11 is 0. The number of rotatable bonds is 6. The van der Waals surface area contributed by atoms with Crippen molar-refractivity contribution in [2.45, 2.75) is 38.8 Å². The van der Waals surface area contributed by atoms with Crippen LogP contribution in [0.2, 0.25) is 0 Å². The first-order chi connectivity index (χ1) is 7.67. The smallest absolute Gasteiger partial charge is 0.0446 e. The Morgan fingerprint density at radius 3 is 2.38 bits per heavy atom. The summed E-state index contributed by atoms with van der Waals surface area (Å²) in [7, 11) is 0. The molecule has 4 heteroatoms. The quantitative estimate of drug-likeness (QED) is 0.679. The third-order valence-corrected chi connectivity index (χ3v) is 3.61. The Hall–Kier alpha value is -0.160. The van der Waals surface area contributed by atoms with Gasteiger partial charge in [0.15, 0.2) is 0 Å². The van der Waals surface area contributed by atoms with Crippen LogP contribution in [0.3, 0.4) is 0 Å². The summed E-state index contributed by atoms with van der Waals surface area (Å²) < 4.78 is 0. The first-order valence-corrected chi connectivity index (χ1v) is 6.50. The second-order valence-corrected chi connectivity index (χ2v) is 4.87. The third-order valence-electron chi connectivity index (χ3n) is 3.61. The minimum Gasteiger partial charge on any atom is -0.396 e. The van der Waals surface area contributed by atoms with Crippen LogP contribution in [-0.4, -0.2) is 66.3 Å². The maximum atomic E-state index is 8.81. The molecule has 1 fully saturated rings. The molecule has 96 valence electrons. The van der Waals surface area contributed by atoms with E-state index in [4.69, 9.17) is 10.8 Å². The van der Waals surface area contributed by atoms with E-state index in [1.807, 2.05) is 0 Å². The highest BCUT2D eigenvalue weighted by molar-refractivity contribution is 4.78. The van der Waals surface area contributed by atoms with E-state index in [0.717, 1.165) is 32.7 Å². The van der Waals surface area contributed by atoms with Crippen LogP contribution in [-0.2, 0) is 0 Å². The van der Waals surface area contributed by atoms with Gasteiger partial charge in [-0.05, 0) is 19.8 Å². The summed E-state index contributed by atoms with van der Waals surface area (Å²) in [5.74, 6) is 0. The number of nitrogens with two attached hydrogens (primary N) is 1. The molecule has 0 aromatic heterocycles. The zero-order chi connectivity index (χ0) is 12.0. The van der Waals surface area contributed by atoms with Crippen molar-refractivity contribution >= 4 is 0 Å². The van der Waals surface area contributed by atoms with Gasteiger partial charge in [-0.15, -0.1) is 0 Å². The van der Waals surface area contributed by atoms with Crippen LogP contribution in [0.5, 0.6) is 0 Å². The van der Waals surface area contributed by atoms with Gasteiger partial charge in [0.2, 0.25) is 0 Å². The second kappa shape index (κ2) is 7.22. The lowest BCUT2D eigenvalue weighted by Gasteiger charge is -2.38. The highest BCUT2D eigenvalue weighted by Crippen LogP contribution is 2.09. The van der Waals surface area contributed by atoms with Crippen molar-refractivity contribution in [2.75, 3.05) is 39.3 Å². The molecule has 1 aliphatic heterocycles. The average Bonchev–Trinajstić information content (AvgIpc) is 2.29. The normalized spacial score (nSPS) is 23.2. The number of hydrogen-bond acceptors (Lipinski definition) is 4. The van der Waals surface area contributed by atoms with Gasteiger partial charge in [-0.3, -0.25) is 9.80 Å². The molecule has 16 heavy (non-hydrogen) atoms. The largest absolute Gasteiger partial charge is 0.396 e. The van der Waals surface area contributed by atoms with Gasteiger partial charge in [0.1, 0.15) is 0 Å². The second-order valence-electron chi connectivity index (χ2n) is 4.87. The Morgan fingerprint density at radius 1 is 1.25 bits per heavy atom. The number of piperazine rings is 1. The van der Waals surface area contributed by atoms with Crippen molar-refractivity contribution in [2.24, 2.45) is 5.73 Å². The van der Waals surface area contributed by atoms with Crippen molar-refractivity contribution in [3.63, 3.8) is 0 Å². The van der Waals surface area contributed by atoms with Gasteiger partial charge in [-0.2, -0.15) is 0 Å². The number of aliphatic hydroxyl groups is 1. The van der Waals surface area contributed by atoms with E-state index in [1.165, 1.54) is 6.42 Å². The molecule has 0 aliphatic carbocycles. The number of hydrogen-bond donors (Lipinski definition) is 2. The first-order valence-electron chi connectivity index (χ1n) is 6.50. The molecule has 1 rings (SSSR count). The zero-order valence-corrected chi connectivity index (χ0v) is 10.7. The van der Waals surface area contributed by atoms with E-state index >= 15 is 0 Å². The van der Waals surface area contributed by atoms with E-state index in [1.54, 1.807) is 0 Å². The Balaban J connectivity index is 2.21. The highest BCUT2D eigenvalue weighted by atomic mass is 16.3. The first kappa shape index (κ1) is 13.9. The molecule has 2 unspecified atom stereocenters. The third kappa shape index (κ3) is 4.37. The molecule has 3 N–H and O–H groups in total. The lowest BCUT2D eigenvalue weighted by molar-refractivity contribution is 0.0945. The summed E-state index contributed by atoms with van der Waals surface area (Å²) in [6.07, 6.45) is 1.94. The fourth-order valence-electron chi connectivity index (χ4n) is 2.23. The van der Waals surface area contributed by atoms with Gasteiger partial charge in [-0.1, -0.05) is 6.92 Å². The zero-order valence-electron chi connectivity index (χ0n) is 10.7. The Labute approximate surface area is 99.4 Å². The van der Waals surface area contributed by atoms with Crippen LogP contribution < -0.4 is 5.73 Å². The average molecular weight is 229 g/mol. The molecule has 0 spiro atoms. The number of aliphatic hydroxyl groups excluding tert-OH is 1. The van der Waals surface area contributed by atoms with E-state index in [9.17, 15) is 0 Å². The predicted molar refractivity (Wildman–Crippen MR) is 67.4 cm³/mol. The number of nitrogens with zero attached hydrogens (tertiary/aromatic N) is 2. The monoisotopic (exact) mass is 229 g/mol. The maximum Gasteiger partial charge on any atom is 0.0446 e. The molecule has 0 saturated carbocycles. The van der Waals surface area contributed by atoms with Crippen LogP contribution in [0.15, 0.2) is 0 Å². The molecule has 0 amide bonds. The molecule has 1 heterocycles. The van der Waals surface area contributed by atoms with Crippen molar-refractivity contribution in [1.29, 1.82) is 0 Å². The molecule has 0 aromatic rings. The van der Waals surface area contributed by atoms with E-state index < -0.39 is 0 Å². The summed E-state index contributed by atoms with van der Waals surface area (Å²) in [4.78, 5) is 4.97. The molecule has 4 nitrogen and oxygen atoms in total. The Morgan fingerprint density at radius 2 is 1.88 bits per heavy atom. The van der Waals surface area contributed by atoms with Crippen LogP contribution in [0.25, 0.3) is 0 Å². The van der Waals surface area contributed by atoms with Gasteiger partial charge < -0.3 is 10.8 Å². The van der Waals surface area contributed by atoms with Gasteiger partial charge in [0, 0.05) is 51.4 Å². The van der Waals surface area contributed by atoms with Crippen LogP contribution in [0.1, 0.15) is 26.7 Å². The van der Waals surface area contributed by atoms with Gasteiger partial charge in [0.25, 0.3) is 0 Å². The van der Waals surface area contributed by atoms with Gasteiger partial charge >= 0.3 is 0 Å². The molecule has 1 aliphatic rings. The molecule has 0 aromatic carbocycles.